The molecule has 0 aromatic carbocycles. The zero-order chi connectivity index (χ0) is 9.49. The number of nitrogens with two attached hydrogens (primary N) is 2. The maximum Gasteiger partial charge on any atom is 1.00 e. The van der Waals surface area contributed by atoms with Crippen LogP contribution in [0.4, 0.5) is 0 Å². The van der Waals surface area contributed by atoms with Crippen LogP contribution in [-0.2, 0) is 10.4 Å². The predicted octanol–water partition coefficient (Wildman–Crippen LogP) is -4.26. The molecular formula is C3H12N3NaO4S. The van der Waals surface area contributed by atoms with Crippen molar-refractivity contribution in [2.45, 2.75) is 6.92 Å². The molecular weight excluding hydrogens is 197 g/mol. The van der Waals surface area contributed by atoms with Crippen LogP contribution in [0.25, 0.3) is 0 Å². The number of rotatable bonds is 1. The van der Waals surface area contributed by atoms with Crippen molar-refractivity contribution in [3.05, 3.63) is 0 Å². The molecule has 0 saturated heterocycles. The summed E-state index contributed by atoms with van der Waals surface area (Å²) in [4.78, 5) is 3.60. The summed E-state index contributed by atoms with van der Waals surface area (Å²) < 4.78 is 31.6. The van der Waals surface area contributed by atoms with Gasteiger partial charge in [-0.3, -0.25) is 14.1 Å². The van der Waals surface area contributed by atoms with Gasteiger partial charge in [0.1, 0.15) is 0 Å². The van der Waals surface area contributed by atoms with Gasteiger partial charge in [0, 0.05) is 6.54 Å². The van der Waals surface area contributed by atoms with Gasteiger partial charge in [-0.2, -0.15) is 8.42 Å². The zero-order valence-electron chi connectivity index (χ0n) is 7.93. The summed E-state index contributed by atoms with van der Waals surface area (Å²) in [5, 5.41) is 0. The Kier molecular flexibility index (Phi) is 13.9. The van der Waals surface area contributed by atoms with Gasteiger partial charge in [-0.1, -0.05) is 0 Å². The van der Waals surface area contributed by atoms with Crippen molar-refractivity contribution in [3.8, 4) is 0 Å². The fourth-order valence-corrected chi connectivity index (χ4v) is 0.183. The van der Waals surface area contributed by atoms with E-state index >= 15 is 0 Å². The van der Waals surface area contributed by atoms with E-state index < -0.39 is 10.4 Å². The Labute approximate surface area is 94.6 Å². The minimum Gasteiger partial charge on any atom is -1.00 e. The maximum atomic E-state index is 8.74. The van der Waals surface area contributed by atoms with Gasteiger partial charge in [0.2, 0.25) is 0 Å². The third-order valence-electron chi connectivity index (χ3n) is 0.341. The van der Waals surface area contributed by atoms with E-state index in [4.69, 9.17) is 29.0 Å². The second kappa shape index (κ2) is 9.23. The van der Waals surface area contributed by atoms with E-state index in [-0.39, 0.29) is 36.9 Å². The van der Waals surface area contributed by atoms with Gasteiger partial charge in [0.15, 0.2) is 5.96 Å². The molecule has 0 heterocycles. The molecule has 70 valence electrons. The molecule has 0 atom stereocenters. The first-order valence-corrected chi connectivity index (χ1v) is 3.92. The van der Waals surface area contributed by atoms with Crippen molar-refractivity contribution < 1.29 is 48.5 Å². The fraction of sp³-hybridized carbons (Fsp3) is 0.667. The average Bonchev–Trinajstić information content (AvgIpc) is 1.58. The quantitative estimate of drug-likeness (QED) is 0.149. The van der Waals surface area contributed by atoms with E-state index in [0.717, 1.165) is 0 Å². The monoisotopic (exact) mass is 209 g/mol. The van der Waals surface area contributed by atoms with Crippen LogP contribution in [0.5, 0.6) is 0 Å². The van der Waals surface area contributed by atoms with Crippen molar-refractivity contribution in [1.82, 2.24) is 0 Å². The van der Waals surface area contributed by atoms with Gasteiger partial charge in [0.05, 0.1) is 0 Å². The van der Waals surface area contributed by atoms with E-state index in [1.165, 1.54) is 0 Å². The van der Waals surface area contributed by atoms with Gasteiger partial charge in [-0.05, 0) is 6.92 Å². The second-order valence-electron chi connectivity index (χ2n) is 1.35. The summed E-state index contributed by atoms with van der Waals surface area (Å²) in [6.07, 6.45) is 0. The SMILES string of the molecule is CCN=C(N)N.O=S(=O)(O)O.[H-].[Na+]. The number of nitrogens with zero attached hydrogens (tertiary/aromatic N) is 1. The molecule has 0 aromatic heterocycles. The van der Waals surface area contributed by atoms with Crippen LogP contribution >= 0.6 is 0 Å². The number of aliphatic imine (C=N–C) groups is 1. The van der Waals surface area contributed by atoms with Gasteiger partial charge in [0.25, 0.3) is 0 Å². The fourth-order valence-electron chi connectivity index (χ4n) is 0.183. The van der Waals surface area contributed by atoms with Crippen LogP contribution in [0.3, 0.4) is 0 Å². The summed E-state index contributed by atoms with van der Waals surface area (Å²) in [6, 6.07) is 0. The molecule has 7 nitrogen and oxygen atoms in total. The van der Waals surface area contributed by atoms with E-state index in [9.17, 15) is 0 Å². The van der Waals surface area contributed by atoms with Crippen molar-refractivity contribution >= 4 is 16.4 Å². The third kappa shape index (κ3) is 85.9. The Bertz CT molecular complexity index is 207. The van der Waals surface area contributed by atoms with Crippen LogP contribution in [0.1, 0.15) is 8.35 Å². The first kappa shape index (κ1) is 18.0. The Hall–Kier alpha value is 0.140. The molecule has 0 aliphatic heterocycles. The van der Waals surface area contributed by atoms with Crippen molar-refractivity contribution in [1.29, 1.82) is 0 Å². The molecule has 12 heavy (non-hydrogen) atoms. The largest absolute Gasteiger partial charge is 1.00 e. The van der Waals surface area contributed by atoms with E-state index in [1.807, 2.05) is 6.92 Å². The molecule has 0 spiro atoms. The van der Waals surface area contributed by atoms with E-state index in [1.54, 1.807) is 0 Å². The second-order valence-corrected chi connectivity index (χ2v) is 2.24. The number of hydrogen-bond acceptors (Lipinski definition) is 3. The standard InChI is InChI=1S/C3H9N3.Na.H2O4S.H/c1-2-6-3(4)5;;1-5(2,3)4;/h2H2,1H3,(H4,4,5,6);;(H2,1,2,3,4);/q;+1;;-1. The average molecular weight is 209 g/mol. The first-order valence-electron chi connectivity index (χ1n) is 2.52. The topological polar surface area (TPSA) is 139 Å². The summed E-state index contributed by atoms with van der Waals surface area (Å²) in [5.41, 5.74) is 9.86. The Balaban J connectivity index is -0.0000000546. The predicted molar refractivity (Wildman–Crippen MR) is 41.6 cm³/mol. The molecule has 0 rings (SSSR count). The molecule has 0 saturated carbocycles. The molecule has 0 aromatic rings. The smallest absolute Gasteiger partial charge is 1.00 e. The van der Waals surface area contributed by atoms with Gasteiger partial charge >= 0.3 is 40.0 Å². The summed E-state index contributed by atoms with van der Waals surface area (Å²) in [7, 11) is -4.67. The summed E-state index contributed by atoms with van der Waals surface area (Å²) >= 11 is 0. The molecule has 0 radical (unpaired) electrons. The zero-order valence-corrected chi connectivity index (χ0v) is 9.74. The number of guanidine groups is 1. The molecule has 0 aliphatic rings. The van der Waals surface area contributed by atoms with E-state index in [0.29, 0.717) is 6.54 Å². The van der Waals surface area contributed by atoms with Crippen molar-refractivity contribution in [3.63, 3.8) is 0 Å². The van der Waals surface area contributed by atoms with Gasteiger partial charge < -0.3 is 12.9 Å². The minimum absolute atomic E-state index is 0. The molecule has 0 bridgehead atoms. The van der Waals surface area contributed by atoms with Gasteiger partial charge in [-0.25, -0.2) is 0 Å². The van der Waals surface area contributed by atoms with Crippen LogP contribution in [0, 0.1) is 0 Å². The first-order chi connectivity index (χ1) is 4.77. The molecule has 9 heteroatoms. The van der Waals surface area contributed by atoms with Crippen LogP contribution in [0.2, 0.25) is 0 Å². The minimum atomic E-state index is -4.67. The van der Waals surface area contributed by atoms with Gasteiger partial charge in [-0.15, -0.1) is 0 Å². The third-order valence-corrected chi connectivity index (χ3v) is 0.341. The van der Waals surface area contributed by atoms with Crippen molar-refractivity contribution in [2.24, 2.45) is 16.5 Å². The van der Waals surface area contributed by atoms with Crippen LogP contribution in [-0.4, -0.2) is 30.0 Å². The van der Waals surface area contributed by atoms with Crippen LogP contribution < -0.4 is 41.0 Å². The van der Waals surface area contributed by atoms with E-state index in [2.05, 4.69) is 4.99 Å². The normalized spacial score (nSPS) is 8.58. The number of hydrogen-bond donors (Lipinski definition) is 4. The molecule has 6 N–H and O–H groups in total. The summed E-state index contributed by atoms with van der Waals surface area (Å²) in [6.45, 7) is 2.54. The summed E-state index contributed by atoms with van der Waals surface area (Å²) in [5.74, 6) is 0.164. The molecule has 0 unspecified atom stereocenters. The molecule has 0 fully saturated rings. The van der Waals surface area contributed by atoms with Crippen LogP contribution in [0.15, 0.2) is 4.99 Å². The Morgan fingerprint density at radius 1 is 1.50 bits per heavy atom. The molecule has 0 aliphatic carbocycles. The maximum absolute atomic E-state index is 8.74. The molecule has 0 amide bonds. The Morgan fingerprint density at radius 3 is 1.75 bits per heavy atom. The van der Waals surface area contributed by atoms with Crippen molar-refractivity contribution in [2.75, 3.05) is 6.54 Å². The Morgan fingerprint density at radius 2 is 1.75 bits per heavy atom.